The summed E-state index contributed by atoms with van der Waals surface area (Å²) in [5, 5.41) is 3.80. The summed E-state index contributed by atoms with van der Waals surface area (Å²) < 4.78 is 13.5. The van der Waals surface area contributed by atoms with Crippen molar-refractivity contribution in [3.8, 4) is 11.5 Å². The second-order valence-electron chi connectivity index (χ2n) is 7.49. The zero-order valence-corrected chi connectivity index (χ0v) is 19.7. The molecule has 0 aliphatic heterocycles. The van der Waals surface area contributed by atoms with Crippen LogP contribution in [-0.2, 0) is 30.8 Å². The van der Waals surface area contributed by atoms with Gasteiger partial charge in [-0.25, -0.2) is 4.79 Å². The summed E-state index contributed by atoms with van der Waals surface area (Å²) in [5.41, 5.74) is 7.02. The zero-order chi connectivity index (χ0) is 24.5. The Bertz CT molecular complexity index is 1260. The standard InChI is InChI=1S/C25H30N4O5/c1-4-34-27-23(26)20-17-28(15-13-18-9-5-7-11-21(18)32-2)25(31)29(24(20)30)16-14-19-10-6-8-12-22(19)33-3/h5-12,17H,4,13-16H2,1-3H3,(H2,26,27). The second-order valence-corrected chi connectivity index (χ2v) is 7.49. The van der Waals surface area contributed by atoms with Crippen LogP contribution in [0.25, 0.3) is 0 Å². The molecule has 34 heavy (non-hydrogen) atoms. The summed E-state index contributed by atoms with van der Waals surface area (Å²) in [4.78, 5) is 31.5. The Morgan fingerprint density at radius 3 is 2.03 bits per heavy atom. The van der Waals surface area contributed by atoms with E-state index in [2.05, 4.69) is 5.16 Å². The summed E-state index contributed by atoms with van der Waals surface area (Å²) >= 11 is 0. The predicted molar refractivity (Wildman–Crippen MR) is 131 cm³/mol. The first-order valence-corrected chi connectivity index (χ1v) is 11.0. The van der Waals surface area contributed by atoms with E-state index in [1.807, 2.05) is 48.5 Å². The van der Waals surface area contributed by atoms with Crippen LogP contribution in [0.3, 0.4) is 0 Å². The topological polar surface area (TPSA) is 110 Å². The monoisotopic (exact) mass is 466 g/mol. The van der Waals surface area contributed by atoms with Crippen LogP contribution >= 0.6 is 0 Å². The summed E-state index contributed by atoms with van der Waals surface area (Å²) in [6.45, 7) is 2.54. The third kappa shape index (κ3) is 5.67. The van der Waals surface area contributed by atoms with Crippen molar-refractivity contribution < 1.29 is 14.3 Å². The fourth-order valence-corrected chi connectivity index (χ4v) is 3.66. The van der Waals surface area contributed by atoms with Gasteiger partial charge in [0.15, 0.2) is 5.84 Å². The van der Waals surface area contributed by atoms with Crippen molar-refractivity contribution >= 4 is 5.84 Å². The number of rotatable bonds is 11. The van der Waals surface area contributed by atoms with Gasteiger partial charge in [-0.1, -0.05) is 41.6 Å². The molecule has 2 N–H and O–H groups in total. The molecule has 180 valence electrons. The van der Waals surface area contributed by atoms with E-state index < -0.39 is 11.2 Å². The van der Waals surface area contributed by atoms with Crippen LogP contribution in [0.1, 0.15) is 23.6 Å². The van der Waals surface area contributed by atoms with Crippen LogP contribution in [0.15, 0.2) is 69.5 Å². The Morgan fingerprint density at radius 2 is 1.47 bits per heavy atom. The van der Waals surface area contributed by atoms with Gasteiger partial charge in [-0.3, -0.25) is 13.9 Å². The molecule has 0 spiro atoms. The van der Waals surface area contributed by atoms with Crippen molar-refractivity contribution in [2.75, 3.05) is 20.8 Å². The van der Waals surface area contributed by atoms with Gasteiger partial charge in [-0.15, -0.1) is 0 Å². The van der Waals surface area contributed by atoms with Crippen molar-refractivity contribution in [2.45, 2.75) is 32.9 Å². The van der Waals surface area contributed by atoms with Gasteiger partial charge in [-0.2, -0.15) is 0 Å². The summed E-state index contributed by atoms with van der Waals surface area (Å²) in [7, 11) is 3.19. The van der Waals surface area contributed by atoms with Crippen LogP contribution in [0.2, 0.25) is 0 Å². The average molecular weight is 467 g/mol. The Hall–Kier alpha value is -4.01. The molecule has 0 saturated heterocycles. The number of ether oxygens (including phenoxy) is 2. The molecule has 1 aromatic heterocycles. The quantitative estimate of drug-likeness (QED) is 0.263. The molecular formula is C25H30N4O5. The van der Waals surface area contributed by atoms with Crippen LogP contribution in [0.5, 0.6) is 11.5 Å². The molecule has 0 aliphatic rings. The Labute approximate surface area is 198 Å². The summed E-state index contributed by atoms with van der Waals surface area (Å²) in [6.07, 6.45) is 2.39. The Balaban J connectivity index is 1.99. The third-order valence-electron chi connectivity index (χ3n) is 5.42. The molecule has 9 nitrogen and oxygen atoms in total. The number of aromatic nitrogens is 2. The molecule has 0 atom stereocenters. The molecule has 0 saturated carbocycles. The van der Waals surface area contributed by atoms with E-state index in [0.29, 0.717) is 31.7 Å². The fraction of sp³-hybridized carbons (Fsp3) is 0.320. The fourth-order valence-electron chi connectivity index (χ4n) is 3.66. The van der Waals surface area contributed by atoms with Crippen molar-refractivity contribution in [1.29, 1.82) is 0 Å². The number of benzene rings is 2. The molecule has 3 rings (SSSR count). The zero-order valence-electron chi connectivity index (χ0n) is 19.7. The lowest BCUT2D eigenvalue weighted by Crippen LogP contribution is -2.44. The molecule has 0 unspecified atom stereocenters. The molecule has 0 fully saturated rings. The van der Waals surface area contributed by atoms with E-state index in [1.165, 1.54) is 15.3 Å². The van der Waals surface area contributed by atoms with Crippen molar-refractivity contribution in [1.82, 2.24) is 9.13 Å². The smallest absolute Gasteiger partial charge is 0.331 e. The second kappa shape index (κ2) is 11.7. The number of aryl methyl sites for hydroxylation is 3. The van der Waals surface area contributed by atoms with Gasteiger partial charge in [0.25, 0.3) is 5.56 Å². The van der Waals surface area contributed by atoms with Crippen molar-refractivity contribution in [3.05, 3.63) is 92.3 Å². The number of hydrogen-bond donors (Lipinski definition) is 1. The molecule has 0 amide bonds. The largest absolute Gasteiger partial charge is 0.496 e. The lowest BCUT2D eigenvalue weighted by atomic mass is 10.1. The molecule has 0 aliphatic carbocycles. The Morgan fingerprint density at radius 1 is 0.912 bits per heavy atom. The Kier molecular flexibility index (Phi) is 8.50. The van der Waals surface area contributed by atoms with Gasteiger partial charge in [0.2, 0.25) is 0 Å². The van der Waals surface area contributed by atoms with Gasteiger partial charge in [0, 0.05) is 19.3 Å². The van der Waals surface area contributed by atoms with E-state index in [4.69, 9.17) is 20.0 Å². The van der Waals surface area contributed by atoms with Gasteiger partial charge in [0.05, 0.1) is 14.2 Å². The first kappa shape index (κ1) is 24.6. The number of methoxy groups -OCH3 is 2. The molecule has 0 bridgehead atoms. The van der Waals surface area contributed by atoms with Crippen LogP contribution < -0.4 is 26.5 Å². The normalized spacial score (nSPS) is 11.3. The number of nitrogens with zero attached hydrogens (tertiary/aromatic N) is 3. The molecule has 3 aromatic rings. The highest BCUT2D eigenvalue weighted by Gasteiger charge is 2.16. The van der Waals surface area contributed by atoms with Crippen LogP contribution in [0.4, 0.5) is 0 Å². The molecule has 1 heterocycles. The third-order valence-corrected chi connectivity index (χ3v) is 5.42. The van der Waals surface area contributed by atoms with E-state index in [1.54, 1.807) is 21.1 Å². The minimum Gasteiger partial charge on any atom is -0.496 e. The van der Waals surface area contributed by atoms with Gasteiger partial charge in [0.1, 0.15) is 23.7 Å². The van der Waals surface area contributed by atoms with Crippen LogP contribution in [-0.4, -0.2) is 35.8 Å². The average Bonchev–Trinajstić information content (AvgIpc) is 2.87. The number of hydrogen-bond acceptors (Lipinski definition) is 6. The SMILES string of the molecule is CCO/N=C(\N)c1cn(CCc2ccccc2OC)c(=O)n(CCc2ccccc2OC)c1=O. The van der Waals surface area contributed by atoms with Crippen LogP contribution in [0, 0.1) is 0 Å². The number of amidine groups is 1. The van der Waals surface area contributed by atoms with E-state index in [9.17, 15) is 9.59 Å². The molecule has 2 aromatic carbocycles. The molecule has 9 heteroatoms. The number of nitrogens with two attached hydrogens (primary N) is 1. The molecule has 0 radical (unpaired) electrons. The summed E-state index contributed by atoms with van der Waals surface area (Å²) in [5.74, 6) is 1.35. The maximum absolute atomic E-state index is 13.3. The van der Waals surface area contributed by atoms with E-state index in [0.717, 1.165) is 16.9 Å². The van der Waals surface area contributed by atoms with Gasteiger partial charge >= 0.3 is 5.69 Å². The highest BCUT2D eigenvalue weighted by atomic mass is 16.6. The first-order chi connectivity index (χ1) is 16.5. The maximum Gasteiger partial charge on any atom is 0.331 e. The van der Waals surface area contributed by atoms with Gasteiger partial charge < -0.3 is 20.0 Å². The number of oxime groups is 1. The van der Waals surface area contributed by atoms with Gasteiger partial charge in [-0.05, 0) is 43.0 Å². The first-order valence-electron chi connectivity index (χ1n) is 11.0. The molecular weight excluding hydrogens is 436 g/mol. The minimum atomic E-state index is -0.519. The highest BCUT2D eigenvalue weighted by molar-refractivity contribution is 5.96. The number of para-hydroxylation sites is 2. The lowest BCUT2D eigenvalue weighted by Gasteiger charge is -2.15. The summed E-state index contributed by atoms with van der Waals surface area (Å²) in [6, 6.07) is 15.1. The van der Waals surface area contributed by atoms with Crippen molar-refractivity contribution in [3.63, 3.8) is 0 Å². The maximum atomic E-state index is 13.3. The van der Waals surface area contributed by atoms with Crippen molar-refractivity contribution in [2.24, 2.45) is 10.9 Å². The lowest BCUT2D eigenvalue weighted by molar-refractivity contribution is 0.158. The van der Waals surface area contributed by atoms with E-state index in [-0.39, 0.29) is 17.9 Å². The van der Waals surface area contributed by atoms with E-state index >= 15 is 0 Å². The minimum absolute atomic E-state index is 0.0797. The highest BCUT2D eigenvalue weighted by Crippen LogP contribution is 2.19. The predicted octanol–water partition coefficient (Wildman–Crippen LogP) is 2.17.